The highest BCUT2D eigenvalue weighted by atomic mass is 16.2. The molecule has 1 unspecified atom stereocenters. The van der Waals surface area contributed by atoms with Crippen molar-refractivity contribution < 1.29 is 9.59 Å². The van der Waals surface area contributed by atoms with Crippen LogP contribution in [0.15, 0.2) is 41.6 Å². The number of carbonyl (C=O) groups excluding carboxylic acids is 2. The Labute approximate surface area is 187 Å². The lowest BCUT2D eigenvalue weighted by Crippen LogP contribution is -2.53. The number of nitriles is 1. The van der Waals surface area contributed by atoms with Crippen LogP contribution < -0.4 is 5.01 Å². The molecule has 0 N–H and O–H groups in total. The first-order valence-electron chi connectivity index (χ1n) is 10.8. The van der Waals surface area contributed by atoms with Crippen molar-refractivity contribution in [1.82, 2.24) is 14.8 Å². The van der Waals surface area contributed by atoms with E-state index in [1.165, 1.54) is 11.2 Å². The van der Waals surface area contributed by atoms with Crippen LogP contribution in [0.4, 0.5) is 5.82 Å². The van der Waals surface area contributed by atoms with E-state index in [0.29, 0.717) is 36.1 Å². The standard InChI is InChI=1S/C24H26N6O2/c1-4-28-9-10-29(15-17(28)3)23(31)19-6-8-22(26-13-19)30-24(32)21(14-27-30)20-7-5-18(12-25)11-16(20)2/h5-8,11,13-14,17,21H,4,9-10,15H2,1-3H3/t17-,21?/m0/s1. The Hall–Kier alpha value is -3.57. The fraction of sp³-hybridized carbons (Fsp3) is 0.375. The van der Waals surface area contributed by atoms with Gasteiger partial charge in [0.15, 0.2) is 5.82 Å². The number of likely N-dealkylation sites (N-methyl/N-ethyl adjacent to an activating group) is 1. The van der Waals surface area contributed by atoms with Crippen LogP contribution in [0.2, 0.25) is 0 Å². The van der Waals surface area contributed by atoms with Gasteiger partial charge in [0.05, 0.1) is 17.2 Å². The van der Waals surface area contributed by atoms with E-state index >= 15 is 0 Å². The molecule has 8 nitrogen and oxygen atoms in total. The molecule has 0 spiro atoms. The van der Waals surface area contributed by atoms with Crippen LogP contribution in [-0.4, -0.2) is 65.0 Å². The van der Waals surface area contributed by atoms with Crippen LogP contribution >= 0.6 is 0 Å². The minimum Gasteiger partial charge on any atom is -0.336 e. The number of hydrogen-bond acceptors (Lipinski definition) is 6. The van der Waals surface area contributed by atoms with Gasteiger partial charge in [-0.15, -0.1) is 0 Å². The van der Waals surface area contributed by atoms with Crippen LogP contribution in [0.5, 0.6) is 0 Å². The number of pyridine rings is 1. The summed E-state index contributed by atoms with van der Waals surface area (Å²) in [6.07, 6.45) is 3.10. The second-order valence-corrected chi connectivity index (χ2v) is 8.21. The van der Waals surface area contributed by atoms with Gasteiger partial charge >= 0.3 is 0 Å². The molecular weight excluding hydrogens is 404 g/mol. The number of carbonyl (C=O) groups is 2. The smallest absolute Gasteiger partial charge is 0.261 e. The lowest BCUT2D eigenvalue weighted by atomic mass is 9.94. The summed E-state index contributed by atoms with van der Waals surface area (Å²) in [5, 5.41) is 14.6. The number of anilines is 1. The highest BCUT2D eigenvalue weighted by molar-refractivity contribution is 6.12. The molecule has 2 aliphatic rings. The maximum absolute atomic E-state index is 13.0. The molecule has 0 saturated carbocycles. The third kappa shape index (κ3) is 3.99. The summed E-state index contributed by atoms with van der Waals surface area (Å²) in [6, 6.07) is 11.0. The number of hydrazone groups is 1. The predicted molar refractivity (Wildman–Crippen MR) is 121 cm³/mol. The zero-order chi connectivity index (χ0) is 22.8. The Bertz CT molecular complexity index is 1100. The Balaban J connectivity index is 1.46. The van der Waals surface area contributed by atoms with Crippen molar-refractivity contribution in [2.24, 2.45) is 5.10 Å². The van der Waals surface area contributed by atoms with E-state index in [0.717, 1.165) is 24.2 Å². The maximum atomic E-state index is 13.0. The van der Waals surface area contributed by atoms with Crippen molar-refractivity contribution >= 4 is 23.8 Å². The van der Waals surface area contributed by atoms with Crippen molar-refractivity contribution in [1.29, 1.82) is 5.26 Å². The molecular formula is C24H26N6O2. The molecule has 1 aromatic heterocycles. The van der Waals surface area contributed by atoms with Crippen molar-refractivity contribution in [3.05, 3.63) is 58.8 Å². The van der Waals surface area contributed by atoms with E-state index in [9.17, 15) is 9.59 Å². The molecule has 4 rings (SSSR count). The minimum absolute atomic E-state index is 0.0472. The Morgan fingerprint density at radius 1 is 1.25 bits per heavy atom. The number of nitrogens with zero attached hydrogens (tertiary/aromatic N) is 6. The highest BCUT2D eigenvalue weighted by Crippen LogP contribution is 2.28. The van der Waals surface area contributed by atoms with Crippen LogP contribution in [0.1, 0.15) is 46.8 Å². The molecule has 164 valence electrons. The van der Waals surface area contributed by atoms with Gasteiger partial charge in [0.2, 0.25) is 0 Å². The molecule has 2 aromatic rings. The maximum Gasteiger partial charge on any atom is 0.261 e. The van der Waals surface area contributed by atoms with Gasteiger partial charge in [0.1, 0.15) is 5.92 Å². The largest absolute Gasteiger partial charge is 0.336 e. The number of benzene rings is 1. The van der Waals surface area contributed by atoms with Gasteiger partial charge in [-0.3, -0.25) is 14.5 Å². The Morgan fingerprint density at radius 3 is 2.69 bits per heavy atom. The Morgan fingerprint density at radius 2 is 2.06 bits per heavy atom. The van der Waals surface area contributed by atoms with Gasteiger partial charge in [-0.2, -0.15) is 15.4 Å². The quantitative estimate of drug-likeness (QED) is 0.743. The van der Waals surface area contributed by atoms with Gasteiger partial charge < -0.3 is 4.90 Å². The van der Waals surface area contributed by atoms with Crippen molar-refractivity contribution in [3.8, 4) is 6.07 Å². The van der Waals surface area contributed by atoms with Gasteiger partial charge in [-0.25, -0.2) is 4.98 Å². The average molecular weight is 431 g/mol. The topological polar surface area (TPSA) is 92.9 Å². The average Bonchev–Trinajstić information content (AvgIpc) is 3.19. The van der Waals surface area contributed by atoms with Gasteiger partial charge in [0, 0.05) is 38.1 Å². The molecule has 0 radical (unpaired) electrons. The van der Waals surface area contributed by atoms with Gasteiger partial charge in [-0.05, 0) is 55.8 Å². The summed E-state index contributed by atoms with van der Waals surface area (Å²) in [5.41, 5.74) is 2.73. The van der Waals surface area contributed by atoms with Crippen LogP contribution in [0, 0.1) is 18.3 Å². The number of aryl methyl sites for hydroxylation is 1. The molecule has 2 atom stereocenters. The number of aromatic nitrogens is 1. The van der Waals surface area contributed by atoms with Crippen LogP contribution in [0.3, 0.4) is 0 Å². The monoisotopic (exact) mass is 430 g/mol. The zero-order valence-electron chi connectivity index (χ0n) is 18.5. The molecule has 1 saturated heterocycles. The van der Waals surface area contributed by atoms with E-state index in [1.807, 2.05) is 11.8 Å². The van der Waals surface area contributed by atoms with E-state index < -0.39 is 5.92 Å². The summed E-state index contributed by atoms with van der Waals surface area (Å²) in [4.78, 5) is 34.4. The predicted octanol–water partition coefficient (Wildman–Crippen LogP) is 2.54. The van der Waals surface area contributed by atoms with E-state index in [4.69, 9.17) is 5.26 Å². The van der Waals surface area contributed by atoms with Gasteiger partial charge in [-0.1, -0.05) is 13.0 Å². The second-order valence-electron chi connectivity index (χ2n) is 8.21. The summed E-state index contributed by atoms with van der Waals surface area (Å²) >= 11 is 0. The number of rotatable bonds is 4. The molecule has 2 aliphatic heterocycles. The molecule has 1 aromatic carbocycles. The second kappa shape index (κ2) is 8.89. The SMILES string of the molecule is CCN1CCN(C(=O)c2ccc(N3N=CC(c4ccc(C#N)cc4C)C3=O)nc2)C[C@@H]1C. The lowest BCUT2D eigenvalue weighted by molar-refractivity contribution is -0.118. The van der Waals surface area contributed by atoms with Crippen molar-refractivity contribution in [2.45, 2.75) is 32.7 Å². The zero-order valence-corrected chi connectivity index (χ0v) is 18.5. The highest BCUT2D eigenvalue weighted by Gasteiger charge is 2.33. The first kappa shape index (κ1) is 21.7. The molecule has 3 heterocycles. The van der Waals surface area contributed by atoms with E-state index in [-0.39, 0.29) is 11.8 Å². The first-order chi connectivity index (χ1) is 15.4. The fourth-order valence-electron chi connectivity index (χ4n) is 4.34. The van der Waals surface area contributed by atoms with E-state index in [2.05, 4.69) is 34.9 Å². The molecule has 0 bridgehead atoms. The van der Waals surface area contributed by atoms with Crippen molar-refractivity contribution in [3.63, 3.8) is 0 Å². The fourth-order valence-corrected chi connectivity index (χ4v) is 4.34. The number of piperazine rings is 1. The third-order valence-corrected chi connectivity index (χ3v) is 6.21. The number of hydrogen-bond donors (Lipinski definition) is 0. The molecule has 0 aliphatic carbocycles. The van der Waals surface area contributed by atoms with E-state index in [1.54, 1.807) is 36.5 Å². The van der Waals surface area contributed by atoms with Gasteiger partial charge in [0.25, 0.3) is 11.8 Å². The summed E-state index contributed by atoms with van der Waals surface area (Å²) < 4.78 is 0. The van der Waals surface area contributed by atoms with Crippen molar-refractivity contribution in [2.75, 3.05) is 31.2 Å². The lowest BCUT2D eigenvalue weighted by Gasteiger charge is -2.39. The third-order valence-electron chi connectivity index (χ3n) is 6.21. The minimum atomic E-state index is -0.526. The molecule has 8 heteroatoms. The molecule has 1 fully saturated rings. The summed E-state index contributed by atoms with van der Waals surface area (Å²) in [6.45, 7) is 9.36. The number of amides is 2. The summed E-state index contributed by atoms with van der Waals surface area (Å²) in [7, 11) is 0. The van der Waals surface area contributed by atoms with Crippen LogP contribution in [0.25, 0.3) is 0 Å². The summed E-state index contributed by atoms with van der Waals surface area (Å²) in [5.74, 6) is -0.411. The molecule has 32 heavy (non-hydrogen) atoms. The first-order valence-corrected chi connectivity index (χ1v) is 10.8. The Kier molecular flexibility index (Phi) is 6.01. The normalized spacial score (nSPS) is 21.1. The van der Waals surface area contributed by atoms with Crippen LogP contribution in [-0.2, 0) is 4.79 Å². The molecule has 2 amide bonds.